The van der Waals surface area contributed by atoms with Crippen molar-refractivity contribution in [2.24, 2.45) is 0 Å². The van der Waals surface area contributed by atoms with Crippen LogP contribution in [-0.4, -0.2) is 29.2 Å². The Morgan fingerprint density at radius 1 is 1.04 bits per heavy atom. The number of aryl methyl sites for hydroxylation is 1. The number of hydrogen-bond donors (Lipinski definition) is 1. The zero-order valence-electron chi connectivity index (χ0n) is 14.7. The normalized spacial score (nSPS) is 14.8. The molecule has 0 amide bonds. The van der Waals surface area contributed by atoms with Gasteiger partial charge in [0.2, 0.25) is 0 Å². The van der Waals surface area contributed by atoms with E-state index in [2.05, 4.69) is 20.2 Å². The monoisotopic (exact) mass is 326 g/mol. The second-order valence-corrected chi connectivity index (χ2v) is 6.52. The number of hydrogen-bond acceptors (Lipinski definition) is 5. The minimum Gasteiger partial charge on any atom is -0.491 e. The second kappa shape index (κ2) is 7.51. The van der Waals surface area contributed by atoms with E-state index in [1.54, 1.807) is 0 Å². The van der Waals surface area contributed by atoms with E-state index in [-0.39, 0.29) is 6.10 Å². The molecule has 0 aliphatic carbocycles. The Morgan fingerprint density at radius 3 is 2.42 bits per heavy atom. The van der Waals surface area contributed by atoms with E-state index < -0.39 is 0 Å². The molecule has 1 N–H and O–H groups in total. The third-order valence-corrected chi connectivity index (χ3v) is 4.00. The van der Waals surface area contributed by atoms with Crippen molar-refractivity contribution in [1.29, 1.82) is 0 Å². The molecule has 0 bridgehead atoms. The molecule has 1 fully saturated rings. The van der Waals surface area contributed by atoms with E-state index >= 15 is 0 Å². The van der Waals surface area contributed by atoms with Gasteiger partial charge >= 0.3 is 0 Å². The first-order chi connectivity index (χ1) is 11.6. The highest BCUT2D eigenvalue weighted by molar-refractivity contribution is 5.60. The summed E-state index contributed by atoms with van der Waals surface area (Å²) in [5.41, 5.74) is 0.994. The van der Waals surface area contributed by atoms with Crippen molar-refractivity contribution in [3.05, 3.63) is 36.2 Å². The number of ether oxygens (including phenoxy) is 1. The van der Waals surface area contributed by atoms with Crippen molar-refractivity contribution in [2.75, 3.05) is 23.3 Å². The van der Waals surface area contributed by atoms with Crippen LogP contribution in [-0.2, 0) is 0 Å². The third kappa shape index (κ3) is 4.37. The van der Waals surface area contributed by atoms with Crippen molar-refractivity contribution in [2.45, 2.75) is 46.1 Å². The lowest BCUT2D eigenvalue weighted by molar-refractivity contribution is 0.242. The van der Waals surface area contributed by atoms with Crippen LogP contribution in [0.1, 0.15) is 38.9 Å². The van der Waals surface area contributed by atoms with Gasteiger partial charge in [-0.15, -0.1) is 0 Å². The van der Waals surface area contributed by atoms with Crippen molar-refractivity contribution in [1.82, 2.24) is 9.97 Å². The molecule has 0 atom stereocenters. The topological polar surface area (TPSA) is 50.3 Å². The van der Waals surface area contributed by atoms with Gasteiger partial charge in [0.1, 0.15) is 23.2 Å². The largest absolute Gasteiger partial charge is 0.491 e. The van der Waals surface area contributed by atoms with Crippen LogP contribution < -0.4 is 15.0 Å². The minimum atomic E-state index is 0.181. The van der Waals surface area contributed by atoms with Crippen LogP contribution in [0.2, 0.25) is 0 Å². The van der Waals surface area contributed by atoms with Crippen LogP contribution >= 0.6 is 0 Å². The van der Waals surface area contributed by atoms with Gasteiger partial charge in [-0.05, 0) is 64.3 Å². The molecular weight excluding hydrogens is 300 g/mol. The minimum absolute atomic E-state index is 0.181. The molecule has 0 saturated carbocycles. The van der Waals surface area contributed by atoms with Crippen LogP contribution in [0.3, 0.4) is 0 Å². The molecule has 2 heterocycles. The molecule has 3 rings (SSSR count). The molecule has 1 saturated heterocycles. The lowest BCUT2D eigenvalue weighted by Crippen LogP contribution is -2.30. The van der Waals surface area contributed by atoms with Gasteiger partial charge in [-0.1, -0.05) is 0 Å². The molecule has 1 aliphatic heterocycles. The zero-order chi connectivity index (χ0) is 16.9. The molecule has 5 heteroatoms. The predicted octanol–water partition coefficient (Wildman–Crippen LogP) is 4.31. The smallest absolute Gasteiger partial charge is 0.136 e. The standard InChI is InChI=1S/C19H26N4O/c1-14(2)24-17-9-7-16(8-10-17)22-18-13-19(21-15(3)20-18)23-11-5-4-6-12-23/h7-10,13-14H,4-6,11-12H2,1-3H3,(H,20,21,22). The SMILES string of the molecule is Cc1nc(Nc2ccc(OC(C)C)cc2)cc(N2CCCCC2)n1. The number of anilines is 3. The summed E-state index contributed by atoms with van der Waals surface area (Å²) in [5.74, 6) is 3.52. The van der Waals surface area contributed by atoms with Gasteiger partial charge in [0.05, 0.1) is 6.10 Å². The maximum Gasteiger partial charge on any atom is 0.136 e. The lowest BCUT2D eigenvalue weighted by atomic mass is 10.1. The first-order valence-electron chi connectivity index (χ1n) is 8.74. The molecular formula is C19H26N4O. The number of piperidine rings is 1. The van der Waals surface area contributed by atoms with Gasteiger partial charge in [-0.3, -0.25) is 0 Å². The molecule has 128 valence electrons. The molecule has 1 aliphatic rings. The second-order valence-electron chi connectivity index (χ2n) is 6.52. The Kier molecular flexibility index (Phi) is 5.18. The van der Waals surface area contributed by atoms with Crippen molar-refractivity contribution >= 4 is 17.3 Å². The summed E-state index contributed by atoms with van der Waals surface area (Å²) in [6.07, 6.45) is 3.98. The van der Waals surface area contributed by atoms with Gasteiger partial charge in [-0.25, -0.2) is 9.97 Å². The Balaban J connectivity index is 1.73. The van der Waals surface area contributed by atoms with E-state index in [9.17, 15) is 0 Å². The molecule has 24 heavy (non-hydrogen) atoms. The highest BCUT2D eigenvalue weighted by Gasteiger charge is 2.14. The van der Waals surface area contributed by atoms with Gasteiger partial charge < -0.3 is 15.0 Å². The number of nitrogens with one attached hydrogen (secondary N) is 1. The number of aromatic nitrogens is 2. The predicted molar refractivity (Wildman–Crippen MR) is 98.3 cm³/mol. The van der Waals surface area contributed by atoms with E-state index in [0.29, 0.717) is 0 Å². The number of rotatable bonds is 5. The zero-order valence-corrected chi connectivity index (χ0v) is 14.7. The van der Waals surface area contributed by atoms with Crippen LogP contribution in [0.4, 0.5) is 17.3 Å². The molecule has 0 spiro atoms. The highest BCUT2D eigenvalue weighted by Crippen LogP contribution is 2.24. The van der Waals surface area contributed by atoms with Crippen molar-refractivity contribution < 1.29 is 4.74 Å². The Bertz CT molecular complexity index is 664. The Labute approximate surface area is 144 Å². The van der Waals surface area contributed by atoms with Crippen LogP contribution in [0.5, 0.6) is 5.75 Å². The average molecular weight is 326 g/mol. The summed E-state index contributed by atoms with van der Waals surface area (Å²) in [6, 6.07) is 10.0. The van der Waals surface area contributed by atoms with Crippen molar-refractivity contribution in [3.63, 3.8) is 0 Å². The van der Waals surface area contributed by atoms with Crippen LogP contribution in [0.25, 0.3) is 0 Å². The molecule has 0 radical (unpaired) electrons. The number of nitrogens with zero attached hydrogens (tertiary/aromatic N) is 3. The van der Waals surface area contributed by atoms with E-state index in [1.807, 2.05) is 51.1 Å². The Hall–Kier alpha value is -2.30. The molecule has 1 aromatic heterocycles. The van der Waals surface area contributed by atoms with E-state index in [4.69, 9.17) is 4.74 Å². The highest BCUT2D eigenvalue weighted by atomic mass is 16.5. The first-order valence-corrected chi connectivity index (χ1v) is 8.74. The molecule has 5 nitrogen and oxygen atoms in total. The quantitative estimate of drug-likeness (QED) is 0.887. The summed E-state index contributed by atoms with van der Waals surface area (Å²) < 4.78 is 5.68. The van der Waals surface area contributed by atoms with Crippen molar-refractivity contribution in [3.8, 4) is 5.75 Å². The maximum atomic E-state index is 5.68. The summed E-state index contributed by atoms with van der Waals surface area (Å²) in [7, 11) is 0. The molecule has 1 aromatic carbocycles. The maximum absolute atomic E-state index is 5.68. The summed E-state index contributed by atoms with van der Waals surface area (Å²) in [4.78, 5) is 11.5. The average Bonchev–Trinajstić information content (AvgIpc) is 2.56. The first kappa shape index (κ1) is 16.6. The van der Waals surface area contributed by atoms with Gasteiger partial charge in [0.25, 0.3) is 0 Å². The van der Waals surface area contributed by atoms with Gasteiger partial charge in [-0.2, -0.15) is 0 Å². The molecule has 2 aromatic rings. The molecule has 0 unspecified atom stereocenters. The fraction of sp³-hybridized carbons (Fsp3) is 0.474. The summed E-state index contributed by atoms with van der Waals surface area (Å²) in [5, 5.41) is 3.37. The Morgan fingerprint density at radius 2 is 1.75 bits per heavy atom. The van der Waals surface area contributed by atoms with Crippen LogP contribution in [0, 0.1) is 6.92 Å². The van der Waals surface area contributed by atoms with E-state index in [1.165, 1.54) is 19.3 Å². The third-order valence-electron chi connectivity index (χ3n) is 4.00. The lowest BCUT2D eigenvalue weighted by Gasteiger charge is -2.28. The van der Waals surface area contributed by atoms with Crippen LogP contribution in [0.15, 0.2) is 30.3 Å². The fourth-order valence-corrected chi connectivity index (χ4v) is 2.94. The summed E-state index contributed by atoms with van der Waals surface area (Å²) >= 11 is 0. The van der Waals surface area contributed by atoms with Gasteiger partial charge in [0, 0.05) is 24.8 Å². The number of benzene rings is 1. The fourth-order valence-electron chi connectivity index (χ4n) is 2.94. The van der Waals surface area contributed by atoms with Gasteiger partial charge in [0.15, 0.2) is 0 Å². The van der Waals surface area contributed by atoms with E-state index in [0.717, 1.165) is 42.0 Å². The summed E-state index contributed by atoms with van der Waals surface area (Å²) in [6.45, 7) is 8.16.